The summed E-state index contributed by atoms with van der Waals surface area (Å²) in [6.45, 7) is 3.63. The zero-order valence-corrected chi connectivity index (χ0v) is 16.1. The summed E-state index contributed by atoms with van der Waals surface area (Å²) in [4.78, 5) is 49.1. The van der Waals surface area contributed by atoms with Crippen molar-refractivity contribution in [1.82, 2.24) is 10.2 Å². The van der Waals surface area contributed by atoms with E-state index in [-0.39, 0.29) is 41.9 Å². The van der Waals surface area contributed by atoms with Crippen LogP contribution in [-0.4, -0.2) is 69.1 Å². The van der Waals surface area contributed by atoms with E-state index < -0.39 is 17.8 Å². The summed E-state index contributed by atoms with van der Waals surface area (Å²) in [6.07, 6.45) is 0. The Hall–Kier alpha value is -2.94. The van der Waals surface area contributed by atoms with Crippen LogP contribution in [0.15, 0.2) is 18.2 Å². The van der Waals surface area contributed by atoms with Gasteiger partial charge in [0.05, 0.1) is 44.1 Å². The molecule has 0 unspecified atom stereocenters. The third-order valence-corrected chi connectivity index (χ3v) is 3.40. The molecule has 0 fully saturated rings. The van der Waals surface area contributed by atoms with E-state index in [0.29, 0.717) is 0 Å². The van der Waals surface area contributed by atoms with Gasteiger partial charge in [0.2, 0.25) is 11.8 Å². The van der Waals surface area contributed by atoms with E-state index in [1.165, 1.54) is 37.3 Å². The van der Waals surface area contributed by atoms with Crippen LogP contribution in [0.25, 0.3) is 0 Å². The van der Waals surface area contributed by atoms with Gasteiger partial charge < -0.3 is 20.1 Å². The van der Waals surface area contributed by atoms with Gasteiger partial charge in [-0.05, 0) is 39.1 Å². The van der Waals surface area contributed by atoms with Crippen LogP contribution in [0.5, 0.6) is 0 Å². The van der Waals surface area contributed by atoms with E-state index in [1.807, 2.05) is 13.8 Å². The van der Waals surface area contributed by atoms with Gasteiger partial charge in [0, 0.05) is 6.04 Å². The van der Waals surface area contributed by atoms with Crippen LogP contribution in [0, 0.1) is 0 Å². The standard InChI is InChI=1S/C18H25N3O6/c1-11(2)19-15(22)9-21(3)10-16(23)20-14-8-12(17(24)26-4)6-7-13(14)18(25)27-5/h6-8,11H,9-10H2,1-5H3,(H,19,22)(H,20,23). The fourth-order valence-electron chi connectivity index (χ4n) is 2.28. The van der Waals surface area contributed by atoms with Crippen LogP contribution in [0.4, 0.5) is 5.69 Å². The van der Waals surface area contributed by atoms with Gasteiger partial charge in [-0.1, -0.05) is 0 Å². The van der Waals surface area contributed by atoms with Crippen LogP contribution >= 0.6 is 0 Å². The highest BCUT2D eigenvalue weighted by Crippen LogP contribution is 2.19. The number of ether oxygens (including phenoxy) is 2. The van der Waals surface area contributed by atoms with Crippen LogP contribution < -0.4 is 10.6 Å². The third kappa shape index (κ3) is 7.06. The largest absolute Gasteiger partial charge is 0.465 e. The number of rotatable bonds is 8. The van der Waals surface area contributed by atoms with E-state index in [9.17, 15) is 19.2 Å². The van der Waals surface area contributed by atoms with Crippen molar-refractivity contribution >= 4 is 29.4 Å². The average Bonchev–Trinajstić information content (AvgIpc) is 2.59. The maximum absolute atomic E-state index is 12.3. The van der Waals surface area contributed by atoms with Crippen LogP contribution in [0.2, 0.25) is 0 Å². The Bertz CT molecular complexity index is 717. The number of likely N-dealkylation sites (N-methyl/N-ethyl adjacent to an activating group) is 1. The predicted octanol–water partition coefficient (Wildman–Crippen LogP) is 0.655. The van der Waals surface area contributed by atoms with Gasteiger partial charge in [0.25, 0.3) is 0 Å². The molecule has 0 saturated heterocycles. The first kappa shape index (κ1) is 22.1. The molecule has 9 nitrogen and oxygen atoms in total. The monoisotopic (exact) mass is 379 g/mol. The Morgan fingerprint density at radius 1 is 1.00 bits per heavy atom. The second-order valence-electron chi connectivity index (χ2n) is 6.19. The fraction of sp³-hybridized carbons (Fsp3) is 0.444. The van der Waals surface area contributed by atoms with Gasteiger partial charge in [-0.2, -0.15) is 0 Å². The van der Waals surface area contributed by atoms with Gasteiger partial charge in [-0.15, -0.1) is 0 Å². The maximum Gasteiger partial charge on any atom is 0.339 e. The van der Waals surface area contributed by atoms with Crippen molar-refractivity contribution < 1.29 is 28.7 Å². The number of hydrogen-bond donors (Lipinski definition) is 2. The lowest BCUT2D eigenvalue weighted by Gasteiger charge is -2.18. The topological polar surface area (TPSA) is 114 Å². The van der Waals surface area contributed by atoms with Crippen LogP contribution in [0.3, 0.4) is 0 Å². The normalized spacial score (nSPS) is 10.5. The van der Waals surface area contributed by atoms with Crippen molar-refractivity contribution in [2.24, 2.45) is 0 Å². The van der Waals surface area contributed by atoms with Crippen LogP contribution in [0.1, 0.15) is 34.6 Å². The molecule has 0 heterocycles. The summed E-state index contributed by atoms with van der Waals surface area (Å²) in [5.41, 5.74) is 0.388. The number of methoxy groups -OCH3 is 2. The first-order valence-corrected chi connectivity index (χ1v) is 8.26. The number of benzene rings is 1. The molecule has 0 bridgehead atoms. The molecule has 0 atom stereocenters. The lowest BCUT2D eigenvalue weighted by molar-refractivity contribution is -0.123. The number of nitrogens with one attached hydrogen (secondary N) is 2. The van der Waals surface area contributed by atoms with E-state index in [4.69, 9.17) is 0 Å². The number of nitrogens with zero attached hydrogens (tertiary/aromatic N) is 1. The summed E-state index contributed by atoms with van der Waals surface area (Å²) in [5, 5.41) is 5.30. The summed E-state index contributed by atoms with van der Waals surface area (Å²) in [6, 6.07) is 4.11. The van der Waals surface area contributed by atoms with E-state index in [2.05, 4.69) is 20.1 Å². The number of carbonyl (C=O) groups excluding carboxylic acids is 4. The molecule has 0 spiro atoms. The highest BCUT2D eigenvalue weighted by molar-refractivity contribution is 6.04. The molecular formula is C18H25N3O6. The molecule has 9 heteroatoms. The highest BCUT2D eigenvalue weighted by Gasteiger charge is 2.18. The molecule has 2 N–H and O–H groups in total. The number of esters is 2. The average molecular weight is 379 g/mol. The molecular weight excluding hydrogens is 354 g/mol. The minimum atomic E-state index is -0.661. The maximum atomic E-state index is 12.3. The molecule has 0 aliphatic heterocycles. The fourth-order valence-corrected chi connectivity index (χ4v) is 2.28. The second kappa shape index (κ2) is 10.3. The quantitative estimate of drug-likeness (QED) is 0.638. The third-order valence-electron chi connectivity index (χ3n) is 3.40. The molecule has 2 amide bonds. The molecule has 0 aliphatic rings. The molecule has 27 heavy (non-hydrogen) atoms. The Labute approximate surface area is 158 Å². The summed E-state index contributed by atoms with van der Waals surface area (Å²) >= 11 is 0. The molecule has 0 radical (unpaired) electrons. The van der Waals surface area contributed by atoms with Crippen molar-refractivity contribution in [1.29, 1.82) is 0 Å². The first-order chi connectivity index (χ1) is 12.7. The van der Waals surface area contributed by atoms with Crippen molar-refractivity contribution in [2.45, 2.75) is 19.9 Å². The van der Waals surface area contributed by atoms with Crippen molar-refractivity contribution in [3.63, 3.8) is 0 Å². The smallest absolute Gasteiger partial charge is 0.339 e. The number of carbonyl (C=O) groups is 4. The minimum Gasteiger partial charge on any atom is -0.465 e. The lowest BCUT2D eigenvalue weighted by Crippen LogP contribution is -2.41. The van der Waals surface area contributed by atoms with Gasteiger partial charge >= 0.3 is 11.9 Å². The lowest BCUT2D eigenvalue weighted by atomic mass is 10.1. The molecule has 1 rings (SSSR count). The SMILES string of the molecule is COC(=O)c1ccc(C(=O)OC)c(NC(=O)CN(C)CC(=O)NC(C)C)c1. The predicted molar refractivity (Wildman–Crippen MR) is 98.5 cm³/mol. The molecule has 1 aromatic carbocycles. The van der Waals surface area contributed by atoms with E-state index in [0.717, 1.165) is 0 Å². The number of amides is 2. The molecule has 148 valence electrons. The van der Waals surface area contributed by atoms with Crippen molar-refractivity contribution in [3.05, 3.63) is 29.3 Å². The van der Waals surface area contributed by atoms with E-state index >= 15 is 0 Å². The Balaban J connectivity index is 2.88. The molecule has 1 aromatic rings. The summed E-state index contributed by atoms with van der Waals surface area (Å²) in [7, 11) is 4.06. The van der Waals surface area contributed by atoms with Crippen LogP contribution in [-0.2, 0) is 19.1 Å². The van der Waals surface area contributed by atoms with Gasteiger partial charge in [0.1, 0.15) is 0 Å². The Morgan fingerprint density at radius 2 is 1.59 bits per heavy atom. The zero-order chi connectivity index (χ0) is 20.6. The molecule has 0 saturated carbocycles. The first-order valence-electron chi connectivity index (χ1n) is 8.26. The van der Waals surface area contributed by atoms with E-state index in [1.54, 1.807) is 7.05 Å². The zero-order valence-electron chi connectivity index (χ0n) is 16.1. The van der Waals surface area contributed by atoms with Crippen molar-refractivity contribution in [3.8, 4) is 0 Å². The second-order valence-corrected chi connectivity index (χ2v) is 6.19. The Kier molecular flexibility index (Phi) is 8.40. The van der Waals surface area contributed by atoms with Gasteiger partial charge in [-0.3, -0.25) is 14.5 Å². The van der Waals surface area contributed by atoms with Gasteiger partial charge in [-0.25, -0.2) is 9.59 Å². The van der Waals surface area contributed by atoms with Crippen molar-refractivity contribution in [2.75, 3.05) is 39.7 Å². The number of hydrogen-bond acceptors (Lipinski definition) is 7. The molecule has 0 aromatic heterocycles. The summed E-state index contributed by atoms with van der Waals surface area (Å²) < 4.78 is 9.33. The Morgan fingerprint density at radius 3 is 2.15 bits per heavy atom. The minimum absolute atomic E-state index is 0.00315. The summed E-state index contributed by atoms with van der Waals surface area (Å²) in [5.74, 6) is -1.93. The van der Waals surface area contributed by atoms with Gasteiger partial charge in [0.15, 0.2) is 0 Å². The molecule has 0 aliphatic carbocycles. The number of anilines is 1. The highest BCUT2D eigenvalue weighted by atomic mass is 16.5.